The van der Waals surface area contributed by atoms with E-state index in [1.54, 1.807) is 19.2 Å². The molecule has 0 spiro atoms. The Balaban J connectivity index is 1.75. The number of aliphatic hydroxyl groups is 1. The van der Waals surface area contributed by atoms with Crippen molar-refractivity contribution in [2.75, 3.05) is 13.7 Å². The Morgan fingerprint density at radius 2 is 1.64 bits per heavy atom. The van der Waals surface area contributed by atoms with Crippen LogP contribution in [-0.2, 0) is 22.6 Å². The number of rotatable bonds is 7. The van der Waals surface area contributed by atoms with Crippen molar-refractivity contribution >= 4 is 11.8 Å². The fraction of sp³-hybridized carbons (Fsp3) is 0.263. The van der Waals surface area contributed by atoms with Crippen molar-refractivity contribution in [1.82, 2.24) is 10.6 Å². The molecular formula is C19H22N2O4. The Morgan fingerprint density at radius 1 is 1.00 bits per heavy atom. The van der Waals surface area contributed by atoms with E-state index in [2.05, 4.69) is 10.6 Å². The highest BCUT2D eigenvalue weighted by Gasteiger charge is 2.15. The summed E-state index contributed by atoms with van der Waals surface area (Å²) in [6.07, 6.45) is -0.349. The molecular weight excluding hydrogens is 320 g/mol. The van der Waals surface area contributed by atoms with E-state index in [1.165, 1.54) is 0 Å². The summed E-state index contributed by atoms with van der Waals surface area (Å²) in [4.78, 5) is 23.7. The van der Waals surface area contributed by atoms with Gasteiger partial charge in [-0.2, -0.15) is 0 Å². The maximum absolute atomic E-state index is 11.8. The van der Waals surface area contributed by atoms with E-state index >= 15 is 0 Å². The molecule has 0 radical (unpaired) electrons. The van der Waals surface area contributed by atoms with Crippen LogP contribution in [0.4, 0.5) is 0 Å². The smallest absolute Gasteiger partial charge is 0.309 e. The van der Waals surface area contributed by atoms with Gasteiger partial charge in [-0.3, -0.25) is 9.59 Å². The van der Waals surface area contributed by atoms with Gasteiger partial charge in [-0.15, -0.1) is 0 Å². The second kappa shape index (κ2) is 9.44. The Morgan fingerprint density at radius 3 is 2.36 bits per heavy atom. The van der Waals surface area contributed by atoms with Crippen LogP contribution in [0.1, 0.15) is 11.1 Å². The third kappa shape index (κ3) is 5.93. The minimum atomic E-state index is -0.776. The third-order valence-corrected chi connectivity index (χ3v) is 3.65. The lowest BCUT2D eigenvalue weighted by Gasteiger charge is -2.12. The van der Waals surface area contributed by atoms with Crippen molar-refractivity contribution in [3.63, 3.8) is 0 Å². The van der Waals surface area contributed by atoms with Gasteiger partial charge in [0.15, 0.2) is 0 Å². The SMILES string of the molecule is COc1ccccc1CNC(=O)C(=O)NCC(O)Cc1ccccc1. The molecule has 25 heavy (non-hydrogen) atoms. The van der Waals surface area contributed by atoms with Crippen LogP contribution in [-0.4, -0.2) is 36.7 Å². The van der Waals surface area contributed by atoms with Gasteiger partial charge >= 0.3 is 11.8 Å². The fourth-order valence-electron chi connectivity index (χ4n) is 2.35. The minimum Gasteiger partial charge on any atom is -0.496 e. The van der Waals surface area contributed by atoms with Crippen molar-refractivity contribution in [1.29, 1.82) is 0 Å². The number of methoxy groups -OCH3 is 1. The fourth-order valence-corrected chi connectivity index (χ4v) is 2.35. The van der Waals surface area contributed by atoms with Crippen molar-refractivity contribution in [3.8, 4) is 5.75 Å². The largest absolute Gasteiger partial charge is 0.496 e. The molecule has 6 nitrogen and oxygen atoms in total. The van der Waals surface area contributed by atoms with E-state index < -0.39 is 17.9 Å². The van der Waals surface area contributed by atoms with Crippen LogP contribution in [0, 0.1) is 0 Å². The topological polar surface area (TPSA) is 87.7 Å². The van der Waals surface area contributed by atoms with Gasteiger partial charge in [-0.05, 0) is 11.6 Å². The summed E-state index contributed by atoms with van der Waals surface area (Å²) in [6.45, 7) is 0.193. The molecule has 0 bridgehead atoms. The van der Waals surface area contributed by atoms with Gasteiger partial charge in [0.25, 0.3) is 0 Å². The predicted octanol–water partition coefficient (Wildman–Crippen LogP) is 1.03. The van der Waals surface area contributed by atoms with Crippen LogP contribution in [0.5, 0.6) is 5.75 Å². The van der Waals surface area contributed by atoms with Gasteiger partial charge in [0.2, 0.25) is 0 Å². The van der Waals surface area contributed by atoms with E-state index in [4.69, 9.17) is 4.74 Å². The van der Waals surface area contributed by atoms with Crippen molar-refractivity contribution in [2.24, 2.45) is 0 Å². The van der Waals surface area contributed by atoms with Crippen molar-refractivity contribution in [2.45, 2.75) is 19.1 Å². The summed E-state index contributed by atoms with van der Waals surface area (Å²) in [6, 6.07) is 16.7. The van der Waals surface area contributed by atoms with Crippen LogP contribution >= 0.6 is 0 Å². The third-order valence-electron chi connectivity index (χ3n) is 3.65. The second-order valence-corrected chi connectivity index (χ2v) is 5.55. The second-order valence-electron chi connectivity index (χ2n) is 5.55. The molecule has 0 aromatic heterocycles. The zero-order valence-electron chi connectivity index (χ0n) is 14.1. The molecule has 0 fully saturated rings. The summed E-state index contributed by atoms with van der Waals surface area (Å²) < 4.78 is 5.19. The number of aliphatic hydroxyl groups excluding tert-OH is 1. The predicted molar refractivity (Wildman–Crippen MR) is 94.0 cm³/mol. The number of benzene rings is 2. The molecule has 0 heterocycles. The molecule has 0 saturated heterocycles. The Hall–Kier alpha value is -2.86. The highest BCUT2D eigenvalue weighted by atomic mass is 16.5. The molecule has 132 valence electrons. The molecule has 0 saturated carbocycles. The van der Waals surface area contributed by atoms with Crippen LogP contribution in [0.2, 0.25) is 0 Å². The Labute approximate surface area is 146 Å². The number of carbonyl (C=O) groups is 2. The molecule has 0 aliphatic carbocycles. The number of amides is 2. The number of carbonyl (C=O) groups excluding carboxylic acids is 2. The highest BCUT2D eigenvalue weighted by molar-refractivity contribution is 6.35. The van der Waals surface area contributed by atoms with E-state index in [0.717, 1.165) is 11.1 Å². The van der Waals surface area contributed by atoms with E-state index in [-0.39, 0.29) is 13.1 Å². The molecule has 2 aromatic carbocycles. The van der Waals surface area contributed by atoms with Gasteiger partial charge in [0.1, 0.15) is 5.75 Å². The van der Waals surface area contributed by atoms with Crippen LogP contribution in [0.15, 0.2) is 54.6 Å². The molecule has 2 amide bonds. The summed E-state index contributed by atoms with van der Waals surface area (Å²) in [5, 5.41) is 14.9. The first-order chi connectivity index (χ1) is 12.1. The molecule has 2 aromatic rings. The number of hydrogen-bond donors (Lipinski definition) is 3. The maximum atomic E-state index is 11.8. The van der Waals surface area contributed by atoms with E-state index in [0.29, 0.717) is 12.2 Å². The average molecular weight is 342 g/mol. The zero-order valence-corrected chi connectivity index (χ0v) is 14.1. The van der Waals surface area contributed by atoms with Crippen molar-refractivity contribution in [3.05, 3.63) is 65.7 Å². The van der Waals surface area contributed by atoms with E-state index in [9.17, 15) is 14.7 Å². The number of hydrogen-bond acceptors (Lipinski definition) is 4. The first-order valence-corrected chi connectivity index (χ1v) is 8.00. The lowest BCUT2D eigenvalue weighted by Crippen LogP contribution is -2.42. The first kappa shape index (κ1) is 18.5. The molecule has 0 aliphatic heterocycles. The monoisotopic (exact) mass is 342 g/mol. The summed E-state index contributed by atoms with van der Waals surface area (Å²) in [5.74, 6) is -0.888. The van der Waals surface area contributed by atoms with Crippen LogP contribution in [0.25, 0.3) is 0 Å². The lowest BCUT2D eigenvalue weighted by molar-refractivity contribution is -0.139. The van der Waals surface area contributed by atoms with Crippen LogP contribution < -0.4 is 15.4 Å². The summed E-state index contributed by atoms with van der Waals surface area (Å²) >= 11 is 0. The molecule has 3 N–H and O–H groups in total. The molecule has 1 atom stereocenters. The van der Waals surface area contributed by atoms with Gasteiger partial charge in [-0.1, -0.05) is 48.5 Å². The summed E-state index contributed by atoms with van der Waals surface area (Å²) in [5.41, 5.74) is 1.74. The highest BCUT2D eigenvalue weighted by Crippen LogP contribution is 2.16. The number of ether oxygens (including phenoxy) is 1. The number of nitrogens with one attached hydrogen (secondary N) is 2. The first-order valence-electron chi connectivity index (χ1n) is 8.00. The Kier molecular flexibility index (Phi) is 6.98. The zero-order chi connectivity index (χ0) is 18.1. The standard InChI is InChI=1S/C19H22N2O4/c1-25-17-10-6-5-9-15(17)12-20-18(23)19(24)21-13-16(22)11-14-7-3-2-4-8-14/h2-10,16,22H,11-13H2,1H3,(H,20,23)(H,21,24). The van der Waals surface area contributed by atoms with Gasteiger partial charge in [0.05, 0.1) is 13.2 Å². The average Bonchev–Trinajstić information content (AvgIpc) is 2.65. The quantitative estimate of drug-likeness (QED) is 0.656. The van der Waals surface area contributed by atoms with Crippen LogP contribution in [0.3, 0.4) is 0 Å². The normalized spacial score (nSPS) is 11.4. The van der Waals surface area contributed by atoms with Gasteiger partial charge in [-0.25, -0.2) is 0 Å². The molecule has 2 rings (SSSR count). The minimum absolute atomic E-state index is 0.00973. The molecule has 6 heteroatoms. The lowest BCUT2D eigenvalue weighted by atomic mass is 10.1. The molecule has 1 unspecified atom stereocenters. The van der Waals surface area contributed by atoms with Crippen molar-refractivity contribution < 1.29 is 19.4 Å². The summed E-state index contributed by atoms with van der Waals surface area (Å²) in [7, 11) is 1.54. The molecule has 0 aliphatic rings. The number of para-hydroxylation sites is 1. The van der Waals surface area contributed by atoms with Gasteiger partial charge < -0.3 is 20.5 Å². The van der Waals surface area contributed by atoms with E-state index in [1.807, 2.05) is 42.5 Å². The Bertz CT molecular complexity index is 704. The van der Waals surface area contributed by atoms with Gasteiger partial charge in [0, 0.05) is 25.1 Å². The maximum Gasteiger partial charge on any atom is 0.309 e.